The molecule has 4 heteroatoms. The maximum atomic E-state index is 9.83. The van der Waals surface area contributed by atoms with Crippen LogP contribution in [-0.2, 0) is 6.54 Å². The lowest BCUT2D eigenvalue weighted by atomic mass is 10.2. The van der Waals surface area contributed by atoms with E-state index in [-0.39, 0.29) is 6.10 Å². The summed E-state index contributed by atoms with van der Waals surface area (Å²) in [5.41, 5.74) is 1.24. The van der Waals surface area contributed by atoms with Crippen molar-refractivity contribution in [1.29, 1.82) is 0 Å². The monoisotopic (exact) mass is 248 g/mol. The number of nitrogens with zero attached hydrogens (tertiary/aromatic N) is 1. The highest BCUT2D eigenvalue weighted by molar-refractivity contribution is 5.14. The van der Waals surface area contributed by atoms with Crippen LogP contribution in [-0.4, -0.2) is 43.4 Å². The molecule has 2 atom stereocenters. The molecule has 1 radical (unpaired) electrons. The Bertz CT molecular complexity index is 325. The zero-order valence-corrected chi connectivity index (χ0v) is 10.7. The van der Waals surface area contributed by atoms with Crippen LogP contribution in [0.2, 0.25) is 0 Å². The van der Waals surface area contributed by atoms with Gasteiger partial charge in [0.05, 0.1) is 6.10 Å². The molecule has 1 aliphatic heterocycles. The second-order valence-electron chi connectivity index (χ2n) is 4.79. The Balaban J connectivity index is 1.55. The number of rotatable bonds is 7. The van der Waals surface area contributed by atoms with Crippen LogP contribution in [0.3, 0.4) is 0 Å². The molecule has 0 bridgehead atoms. The van der Waals surface area contributed by atoms with Gasteiger partial charge in [-0.2, -0.15) is 0 Å². The Morgan fingerprint density at radius 3 is 2.83 bits per heavy atom. The fourth-order valence-corrected chi connectivity index (χ4v) is 2.11. The lowest BCUT2D eigenvalue weighted by Gasteiger charge is -2.16. The van der Waals surface area contributed by atoms with Crippen LogP contribution in [0.4, 0.5) is 0 Å². The smallest absolute Gasteiger partial charge is 0.0788 e. The Hall–Kier alpha value is -0.940. The van der Waals surface area contributed by atoms with E-state index >= 15 is 0 Å². The number of hydrogen-bond donors (Lipinski definition) is 3. The second kappa shape index (κ2) is 7.48. The van der Waals surface area contributed by atoms with Crippen molar-refractivity contribution in [2.45, 2.75) is 25.1 Å². The summed E-state index contributed by atoms with van der Waals surface area (Å²) >= 11 is 0. The van der Waals surface area contributed by atoms with Crippen LogP contribution >= 0.6 is 0 Å². The van der Waals surface area contributed by atoms with Crippen molar-refractivity contribution in [3.05, 3.63) is 35.9 Å². The third kappa shape index (κ3) is 4.74. The molecule has 1 heterocycles. The zero-order chi connectivity index (χ0) is 12.6. The molecular weight excluding hydrogens is 226 g/mol. The van der Waals surface area contributed by atoms with E-state index < -0.39 is 0 Å². The molecule has 1 aliphatic rings. The summed E-state index contributed by atoms with van der Waals surface area (Å²) in [6.45, 7) is 3.91. The Morgan fingerprint density at radius 1 is 1.28 bits per heavy atom. The maximum Gasteiger partial charge on any atom is 0.0788 e. The fraction of sp³-hybridized carbons (Fsp3) is 0.571. The van der Waals surface area contributed by atoms with Crippen LogP contribution in [0, 0.1) is 0 Å². The average molecular weight is 248 g/mol. The van der Waals surface area contributed by atoms with Crippen molar-refractivity contribution in [3.63, 3.8) is 0 Å². The Morgan fingerprint density at radius 2 is 2.11 bits per heavy atom. The van der Waals surface area contributed by atoms with E-state index in [0.717, 1.165) is 26.1 Å². The molecule has 3 N–H and O–H groups in total. The van der Waals surface area contributed by atoms with Crippen molar-refractivity contribution < 1.29 is 5.11 Å². The van der Waals surface area contributed by atoms with Crippen LogP contribution in [0.25, 0.3) is 0 Å². The molecule has 2 rings (SSSR count). The van der Waals surface area contributed by atoms with Gasteiger partial charge in [0.25, 0.3) is 0 Å². The minimum Gasteiger partial charge on any atom is -0.390 e. The topological polar surface area (TPSA) is 58.4 Å². The molecule has 2 unspecified atom stereocenters. The van der Waals surface area contributed by atoms with E-state index in [1.165, 1.54) is 5.56 Å². The minimum atomic E-state index is -0.339. The van der Waals surface area contributed by atoms with E-state index in [9.17, 15) is 5.11 Å². The van der Waals surface area contributed by atoms with Gasteiger partial charge in [0.2, 0.25) is 0 Å². The maximum absolute atomic E-state index is 9.83. The third-order valence-electron chi connectivity index (χ3n) is 3.18. The first kappa shape index (κ1) is 13.5. The van der Waals surface area contributed by atoms with E-state index in [1.807, 2.05) is 18.2 Å². The highest BCUT2D eigenvalue weighted by atomic mass is 16.3. The molecule has 99 valence electrons. The zero-order valence-electron chi connectivity index (χ0n) is 10.7. The fourth-order valence-electron chi connectivity index (χ4n) is 2.11. The molecule has 1 aromatic carbocycles. The number of aliphatic hydroxyl groups is 1. The molecule has 18 heavy (non-hydrogen) atoms. The summed E-state index contributed by atoms with van der Waals surface area (Å²) in [5, 5.41) is 20.7. The van der Waals surface area contributed by atoms with Gasteiger partial charge in [-0.1, -0.05) is 30.3 Å². The second-order valence-corrected chi connectivity index (χ2v) is 4.79. The SMILES string of the molecule is OC(CNCc1ccccc1)CNC1CC[N]C1. The van der Waals surface area contributed by atoms with Crippen molar-refractivity contribution in [3.8, 4) is 0 Å². The van der Waals surface area contributed by atoms with Gasteiger partial charge in [0.15, 0.2) is 0 Å². The van der Waals surface area contributed by atoms with Crippen LogP contribution in [0.1, 0.15) is 12.0 Å². The molecule has 1 aromatic rings. The first-order valence-electron chi connectivity index (χ1n) is 6.64. The molecule has 4 nitrogen and oxygen atoms in total. The van der Waals surface area contributed by atoms with Crippen molar-refractivity contribution >= 4 is 0 Å². The summed E-state index contributed by atoms with van der Waals surface area (Å²) in [4.78, 5) is 0. The van der Waals surface area contributed by atoms with Crippen molar-refractivity contribution in [1.82, 2.24) is 16.0 Å². The van der Waals surface area contributed by atoms with Gasteiger partial charge in [-0.25, -0.2) is 5.32 Å². The first-order valence-corrected chi connectivity index (χ1v) is 6.64. The lowest BCUT2D eigenvalue weighted by molar-refractivity contribution is 0.164. The summed E-state index contributed by atoms with van der Waals surface area (Å²) in [6, 6.07) is 10.7. The van der Waals surface area contributed by atoms with Gasteiger partial charge in [-0.15, -0.1) is 0 Å². The van der Waals surface area contributed by atoms with E-state index in [4.69, 9.17) is 0 Å². The summed E-state index contributed by atoms with van der Waals surface area (Å²) in [7, 11) is 0. The summed E-state index contributed by atoms with van der Waals surface area (Å²) < 4.78 is 0. The van der Waals surface area contributed by atoms with Crippen LogP contribution in [0.5, 0.6) is 0 Å². The van der Waals surface area contributed by atoms with Gasteiger partial charge in [-0.05, 0) is 12.0 Å². The molecule has 0 saturated carbocycles. The number of hydrogen-bond acceptors (Lipinski definition) is 3. The average Bonchev–Trinajstić information content (AvgIpc) is 2.91. The van der Waals surface area contributed by atoms with Crippen LogP contribution in [0.15, 0.2) is 30.3 Å². The van der Waals surface area contributed by atoms with E-state index in [0.29, 0.717) is 19.1 Å². The van der Waals surface area contributed by atoms with Gasteiger partial charge in [-0.3, -0.25) is 0 Å². The molecular formula is C14H22N3O. The lowest BCUT2D eigenvalue weighted by Crippen LogP contribution is -2.40. The van der Waals surface area contributed by atoms with E-state index in [1.54, 1.807) is 0 Å². The standard InChI is InChI=1S/C14H22N3O/c18-14(11-17-13-6-7-15-9-13)10-16-8-12-4-2-1-3-5-12/h1-5,13-14,16-18H,6-11H2. The molecule has 0 aliphatic carbocycles. The van der Waals surface area contributed by atoms with E-state index in [2.05, 4.69) is 28.1 Å². The van der Waals surface area contributed by atoms with Crippen molar-refractivity contribution in [2.75, 3.05) is 26.2 Å². The van der Waals surface area contributed by atoms with Gasteiger partial charge in [0.1, 0.15) is 0 Å². The van der Waals surface area contributed by atoms with Gasteiger partial charge in [0, 0.05) is 38.8 Å². The van der Waals surface area contributed by atoms with Crippen LogP contribution < -0.4 is 16.0 Å². The number of aliphatic hydroxyl groups excluding tert-OH is 1. The number of benzene rings is 1. The highest BCUT2D eigenvalue weighted by Crippen LogP contribution is 1.99. The third-order valence-corrected chi connectivity index (χ3v) is 3.18. The minimum absolute atomic E-state index is 0.339. The normalized spacial score (nSPS) is 21.1. The quantitative estimate of drug-likeness (QED) is 0.641. The summed E-state index contributed by atoms with van der Waals surface area (Å²) in [5.74, 6) is 0. The predicted molar refractivity (Wildman–Crippen MR) is 72.4 cm³/mol. The molecule has 1 saturated heterocycles. The summed E-state index contributed by atoms with van der Waals surface area (Å²) in [6.07, 6.45) is 0.763. The predicted octanol–water partition coefficient (Wildman–Crippen LogP) is 0.103. The van der Waals surface area contributed by atoms with Gasteiger partial charge < -0.3 is 15.7 Å². The largest absolute Gasteiger partial charge is 0.390 e. The van der Waals surface area contributed by atoms with Crippen molar-refractivity contribution in [2.24, 2.45) is 0 Å². The Labute approximate surface area is 109 Å². The highest BCUT2D eigenvalue weighted by Gasteiger charge is 2.15. The number of nitrogens with one attached hydrogen (secondary N) is 2. The molecule has 1 fully saturated rings. The molecule has 0 aromatic heterocycles. The van der Waals surface area contributed by atoms with Gasteiger partial charge >= 0.3 is 0 Å². The molecule has 0 spiro atoms. The molecule has 0 amide bonds. The Kier molecular flexibility index (Phi) is 5.61. The first-order chi connectivity index (χ1) is 8.84.